The Labute approximate surface area is 343 Å². The fourth-order valence-electron chi connectivity index (χ4n) is 6.20. The van der Waals surface area contributed by atoms with E-state index in [0.29, 0.717) is 51.2 Å². The van der Waals surface area contributed by atoms with Gasteiger partial charge < -0.3 is 34.7 Å². The lowest BCUT2D eigenvalue weighted by atomic mass is 10.0. The summed E-state index contributed by atoms with van der Waals surface area (Å²) >= 11 is 0. The normalized spacial score (nSPS) is 13.6. The molecule has 1 aliphatic rings. The van der Waals surface area contributed by atoms with Gasteiger partial charge in [0.1, 0.15) is 23.6 Å². The second kappa shape index (κ2) is 18.0. The number of hydrogen-bond donors (Lipinski definition) is 3. The molecule has 3 amide bonds. The minimum absolute atomic E-state index is 0.103. The molecular formula is C42H51N5O11S. The van der Waals surface area contributed by atoms with E-state index in [9.17, 15) is 32.7 Å². The molecule has 3 N–H and O–H groups in total. The maximum atomic E-state index is 14.0. The maximum absolute atomic E-state index is 14.0. The first-order chi connectivity index (χ1) is 27.7. The number of nitrogens with zero attached hydrogens (tertiary/aromatic N) is 3. The first-order valence-electron chi connectivity index (χ1n) is 18.9. The number of aromatic nitrogens is 1. The predicted octanol–water partition coefficient (Wildman–Crippen LogP) is 6.77. The van der Waals surface area contributed by atoms with E-state index in [0.717, 1.165) is 5.01 Å². The number of ether oxygens (including phenoxy) is 4. The van der Waals surface area contributed by atoms with Crippen molar-refractivity contribution in [2.45, 2.75) is 94.9 Å². The Bertz CT molecular complexity index is 2290. The van der Waals surface area contributed by atoms with Crippen molar-refractivity contribution in [3.05, 3.63) is 89.7 Å². The van der Waals surface area contributed by atoms with Crippen LogP contribution in [0.25, 0.3) is 10.8 Å². The minimum Gasteiger partial charge on any atom is -0.496 e. The smallest absolute Gasteiger partial charge is 0.439 e. The number of aliphatic carboxylic acids is 1. The molecule has 0 bridgehead atoms. The number of nitrogens with one attached hydrogen (secondary N) is 2. The SMILES string of the molecule is CNCc1cc(NC(=O)COCc2cc(C(C(=O)O)N(c3ccc4cnccc4c3)N(C(=O)OC(C)(C)C)C(=O)OC(C)(C)C)ccc2OC)ccc1S(=O)(=O)C1CC1. The van der Waals surface area contributed by atoms with E-state index >= 15 is 0 Å². The summed E-state index contributed by atoms with van der Waals surface area (Å²) in [5, 5.41) is 19.2. The minimum atomic E-state index is -3.47. The summed E-state index contributed by atoms with van der Waals surface area (Å²) in [6.45, 7) is 9.27. The van der Waals surface area contributed by atoms with E-state index in [2.05, 4.69) is 15.6 Å². The number of carboxylic acid groups (broad SMARTS) is 1. The topological polar surface area (TPSA) is 203 Å². The van der Waals surface area contributed by atoms with Gasteiger partial charge in [-0.1, -0.05) is 12.1 Å². The lowest BCUT2D eigenvalue weighted by Crippen LogP contribution is -2.56. The van der Waals surface area contributed by atoms with Crippen molar-refractivity contribution < 1.29 is 51.6 Å². The number of hydrazine groups is 1. The van der Waals surface area contributed by atoms with Crippen LogP contribution >= 0.6 is 0 Å². The van der Waals surface area contributed by atoms with Crippen LogP contribution in [0.1, 0.15) is 77.1 Å². The van der Waals surface area contributed by atoms with Gasteiger partial charge in [0.2, 0.25) is 5.91 Å². The maximum Gasteiger partial charge on any atom is 0.439 e. The molecule has 1 unspecified atom stereocenters. The molecule has 1 saturated carbocycles. The van der Waals surface area contributed by atoms with Gasteiger partial charge in [-0.05, 0) is 126 Å². The zero-order chi connectivity index (χ0) is 43.3. The predicted molar refractivity (Wildman–Crippen MR) is 220 cm³/mol. The van der Waals surface area contributed by atoms with Gasteiger partial charge in [0.05, 0.1) is 29.5 Å². The van der Waals surface area contributed by atoms with Crippen molar-refractivity contribution in [3.63, 3.8) is 0 Å². The van der Waals surface area contributed by atoms with Crippen LogP contribution in [0.5, 0.6) is 5.75 Å². The van der Waals surface area contributed by atoms with Gasteiger partial charge >= 0.3 is 18.2 Å². The molecule has 0 aliphatic heterocycles. The van der Waals surface area contributed by atoms with E-state index in [-0.39, 0.29) is 34.5 Å². The largest absolute Gasteiger partial charge is 0.496 e. The number of methoxy groups -OCH3 is 1. The van der Waals surface area contributed by atoms with Gasteiger partial charge in [-0.15, -0.1) is 5.01 Å². The molecule has 4 aromatic rings. The van der Waals surface area contributed by atoms with Gasteiger partial charge in [0.15, 0.2) is 15.9 Å². The highest BCUT2D eigenvalue weighted by Gasteiger charge is 2.43. The lowest BCUT2D eigenvalue weighted by molar-refractivity contribution is -0.139. The van der Waals surface area contributed by atoms with Crippen LogP contribution < -0.4 is 20.4 Å². The third kappa shape index (κ3) is 11.2. The molecule has 0 saturated heterocycles. The molecule has 17 heteroatoms. The highest BCUT2D eigenvalue weighted by Crippen LogP contribution is 2.37. The molecule has 16 nitrogen and oxygen atoms in total. The molecule has 1 aromatic heterocycles. The zero-order valence-electron chi connectivity index (χ0n) is 34.4. The fraction of sp³-hybridized carbons (Fsp3) is 0.405. The average Bonchev–Trinajstić information content (AvgIpc) is 4.00. The molecule has 316 valence electrons. The third-order valence-corrected chi connectivity index (χ3v) is 11.2. The molecule has 59 heavy (non-hydrogen) atoms. The first kappa shape index (κ1) is 44.3. The monoisotopic (exact) mass is 833 g/mol. The number of carboxylic acids is 1. The molecular weight excluding hydrogens is 783 g/mol. The van der Waals surface area contributed by atoms with Crippen molar-refractivity contribution in [2.75, 3.05) is 31.1 Å². The Morgan fingerprint density at radius 2 is 1.56 bits per heavy atom. The zero-order valence-corrected chi connectivity index (χ0v) is 35.2. The molecule has 0 radical (unpaired) electrons. The summed E-state index contributed by atoms with van der Waals surface area (Å²) in [5.41, 5.74) is -0.696. The summed E-state index contributed by atoms with van der Waals surface area (Å²) in [4.78, 5) is 58.9. The molecule has 5 rings (SSSR count). The second-order valence-electron chi connectivity index (χ2n) is 16.0. The number of anilines is 2. The molecule has 1 atom stereocenters. The molecule has 0 spiro atoms. The summed E-state index contributed by atoms with van der Waals surface area (Å²) in [6.07, 6.45) is 2.05. The summed E-state index contributed by atoms with van der Waals surface area (Å²) < 4.78 is 48.6. The Morgan fingerprint density at radius 1 is 0.881 bits per heavy atom. The Balaban J connectivity index is 1.47. The summed E-state index contributed by atoms with van der Waals surface area (Å²) in [6, 6.07) is 13.9. The number of benzene rings is 3. The van der Waals surface area contributed by atoms with Crippen LogP contribution in [0.15, 0.2) is 78.0 Å². The number of amides is 3. The van der Waals surface area contributed by atoms with Crippen molar-refractivity contribution in [2.24, 2.45) is 0 Å². The third-order valence-electron chi connectivity index (χ3n) is 8.81. The highest BCUT2D eigenvalue weighted by atomic mass is 32.2. The quantitative estimate of drug-likeness (QED) is 0.106. The van der Waals surface area contributed by atoms with E-state index in [4.69, 9.17) is 18.9 Å². The summed E-state index contributed by atoms with van der Waals surface area (Å²) in [5.74, 6) is -1.66. The first-order valence-corrected chi connectivity index (χ1v) is 20.4. The van der Waals surface area contributed by atoms with E-state index < -0.39 is 57.8 Å². The average molecular weight is 834 g/mol. The van der Waals surface area contributed by atoms with Crippen molar-refractivity contribution in [1.82, 2.24) is 15.3 Å². The van der Waals surface area contributed by atoms with Gasteiger partial charge in [0, 0.05) is 35.6 Å². The van der Waals surface area contributed by atoms with Gasteiger partial charge in [-0.2, -0.15) is 0 Å². The van der Waals surface area contributed by atoms with Crippen LogP contribution in [0.2, 0.25) is 0 Å². The number of rotatable bonds is 15. The molecule has 1 heterocycles. The number of fused-ring (bicyclic) bond motifs is 1. The Hall–Kier alpha value is -5.78. The highest BCUT2D eigenvalue weighted by molar-refractivity contribution is 7.92. The number of imide groups is 1. The van der Waals surface area contributed by atoms with Crippen molar-refractivity contribution >= 4 is 56.0 Å². The molecule has 1 fully saturated rings. The van der Waals surface area contributed by atoms with E-state index in [1.807, 2.05) is 0 Å². The Morgan fingerprint density at radius 3 is 2.15 bits per heavy atom. The van der Waals surface area contributed by atoms with Crippen molar-refractivity contribution in [3.8, 4) is 5.75 Å². The van der Waals surface area contributed by atoms with Gasteiger partial charge in [0.25, 0.3) is 0 Å². The van der Waals surface area contributed by atoms with E-state index in [1.54, 1.807) is 91.3 Å². The lowest BCUT2D eigenvalue weighted by Gasteiger charge is -2.39. The van der Waals surface area contributed by atoms with Gasteiger partial charge in [-0.3, -0.25) is 14.8 Å². The van der Waals surface area contributed by atoms with E-state index in [1.165, 1.54) is 37.4 Å². The number of carbonyl (C=O) groups is 4. The van der Waals surface area contributed by atoms with Crippen LogP contribution in [-0.2, 0) is 46.8 Å². The number of carbonyl (C=O) groups excluding carboxylic acids is 3. The van der Waals surface area contributed by atoms with Crippen LogP contribution in [0.3, 0.4) is 0 Å². The molecule has 1 aliphatic carbocycles. The summed E-state index contributed by atoms with van der Waals surface area (Å²) in [7, 11) is -0.354. The number of pyridine rings is 1. The van der Waals surface area contributed by atoms with Crippen LogP contribution in [0, 0.1) is 0 Å². The number of sulfone groups is 1. The molecule has 3 aromatic carbocycles. The fourth-order valence-corrected chi connectivity index (χ4v) is 8.07. The standard InChI is InChI=1S/C42H51N5O11S/c1-41(2,3)57-39(51)47(40(52)58-42(4,5)6)46(32-12-9-28-23-44-18-17-26(28)21-32)37(38(49)50)27-10-15-34(55-8)30(19-27)24-56-25-36(48)45-31-11-16-35(29(20-31)22-43-7)59(53,54)33-13-14-33/h9-12,15-21,23,33,37,43H,13-14,22,24-25H2,1-8H3,(H,45,48)(H,49,50). The van der Waals surface area contributed by atoms with Crippen LogP contribution in [-0.4, -0.2) is 84.8 Å². The van der Waals surface area contributed by atoms with Gasteiger partial charge in [-0.25, -0.2) is 22.8 Å². The second-order valence-corrected chi connectivity index (χ2v) is 18.2. The Kier molecular flexibility index (Phi) is 13.5. The van der Waals surface area contributed by atoms with Crippen molar-refractivity contribution in [1.29, 1.82) is 0 Å². The van der Waals surface area contributed by atoms with Crippen LogP contribution in [0.4, 0.5) is 21.0 Å². The number of hydrogen-bond acceptors (Lipinski definition) is 13.